The van der Waals surface area contributed by atoms with Crippen LogP contribution in [-0.2, 0) is 0 Å². The summed E-state index contributed by atoms with van der Waals surface area (Å²) < 4.78 is 1.77. The zero-order valence-corrected chi connectivity index (χ0v) is 20.8. The molecule has 1 atom stereocenters. The van der Waals surface area contributed by atoms with E-state index >= 15 is 0 Å². The van der Waals surface area contributed by atoms with E-state index in [0.29, 0.717) is 10.7 Å². The Morgan fingerprint density at radius 3 is 2.39 bits per heavy atom. The summed E-state index contributed by atoms with van der Waals surface area (Å²) in [5, 5.41) is 8.38. The van der Waals surface area contributed by atoms with Crippen LogP contribution in [0.15, 0.2) is 79.1 Å². The second kappa shape index (κ2) is 10.9. The highest BCUT2D eigenvalue weighted by Crippen LogP contribution is 2.30. The summed E-state index contributed by atoms with van der Waals surface area (Å²) in [4.78, 5) is 26.4. The third-order valence-corrected chi connectivity index (χ3v) is 6.54. The highest BCUT2D eigenvalue weighted by Gasteiger charge is 2.23. The summed E-state index contributed by atoms with van der Waals surface area (Å²) in [6, 6.07) is 20.9. The molecule has 1 N–H and O–H groups in total. The molecular weight excluding hydrogens is 474 g/mol. The predicted molar refractivity (Wildman–Crippen MR) is 142 cm³/mol. The quantitative estimate of drug-likeness (QED) is 0.413. The van der Waals surface area contributed by atoms with Crippen molar-refractivity contribution in [2.45, 2.75) is 13.0 Å². The molecule has 0 radical (unpaired) electrons. The number of nitrogens with zero attached hydrogens (tertiary/aromatic N) is 6. The van der Waals surface area contributed by atoms with Gasteiger partial charge in [-0.1, -0.05) is 48.0 Å². The molecule has 3 heterocycles. The van der Waals surface area contributed by atoms with Crippen molar-refractivity contribution in [2.24, 2.45) is 0 Å². The summed E-state index contributed by atoms with van der Waals surface area (Å²) >= 11 is 6.49. The van der Waals surface area contributed by atoms with Crippen LogP contribution in [0.2, 0.25) is 5.02 Å². The Kier molecular flexibility index (Phi) is 7.25. The highest BCUT2D eigenvalue weighted by molar-refractivity contribution is 6.33. The number of nitrogens with one attached hydrogen (secondary N) is 1. The van der Waals surface area contributed by atoms with Crippen molar-refractivity contribution < 1.29 is 4.79 Å². The van der Waals surface area contributed by atoms with Crippen molar-refractivity contribution in [3.8, 4) is 16.9 Å². The molecule has 4 aromatic rings. The zero-order valence-electron chi connectivity index (χ0n) is 20.1. The highest BCUT2D eigenvalue weighted by atomic mass is 35.5. The first kappa shape index (κ1) is 24.0. The second-order valence-electron chi connectivity index (χ2n) is 8.85. The van der Waals surface area contributed by atoms with E-state index in [1.807, 2.05) is 67.6 Å². The van der Waals surface area contributed by atoms with Crippen molar-refractivity contribution in [3.63, 3.8) is 0 Å². The maximum atomic E-state index is 13.2. The van der Waals surface area contributed by atoms with Crippen molar-refractivity contribution in [1.29, 1.82) is 0 Å². The molecule has 36 heavy (non-hydrogen) atoms. The van der Waals surface area contributed by atoms with Crippen molar-refractivity contribution in [2.75, 3.05) is 37.6 Å². The second-order valence-corrected chi connectivity index (χ2v) is 9.26. The molecule has 0 spiro atoms. The van der Waals surface area contributed by atoms with Crippen LogP contribution < -0.4 is 10.2 Å². The van der Waals surface area contributed by atoms with E-state index < -0.39 is 0 Å². The number of hydrogen-bond acceptors (Lipinski definition) is 6. The summed E-state index contributed by atoms with van der Waals surface area (Å²) in [6.45, 7) is 6.26. The summed E-state index contributed by atoms with van der Waals surface area (Å²) in [5.41, 5.74) is 2.80. The van der Waals surface area contributed by atoms with Gasteiger partial charge in [-0.3, -0.25) is 9.69 Å². The molecule has 1 saturated heterocycles. The number of piperazine rings is 1. The molecule has 1 aliphatic rings. The lowest BCUT2D eigenvalue weighted by molar-refractivity contribution is 0.0922. The first-order valence-corrected chi connectivity index (χ1v) is 12.4. The van der Waals surface area contributed by atoms with Gasteiger partial charge in [0.05, 0.1) is 11.4 Å². The predicted octanol–water partition coefficient (Wildman–Crippen LogP) is 3.92. The molecule has 1 aliphatic heterocycles. The van der Waals surface area contributed by atoms with Crippen LogP contribution in [0.4, 0.5) is 5.95 Å². The van der Waals surface area contributed by atoms with E-state index in [0.717, 1.165) is 55.6 Å². The van der Waals surface area contributed by atoms with Gasteiger partial charge in [0.1, 0.15) is 0 Å². The zero-order chi connectivity index (χ0) is 24.9. The number of anilines is 1. The van der Waals surface area contributed by atoms with Crippen molar-refractivity contribution in [3.05, 3.63) is 89.8 Å². The number of rotatable bonds is 7. The molecule has 0 saturated carbocycles. The van der Waals surface area contributed by atoms with Gasteiger partial charge in [-0.05, 0) is 37.3 Å². The first-order chi connectivity index (χ1) is 17.6. The monoisotopic (exact) mass is 501 g/mol. The number of hydrogen-bond donors (Lipinski definition) is 1. The molecule has 5 rings (SSSR count). The maximum absolute atomic E-state index is 13.2. The molecule has 8 nitrogen and oxygen atoms in total. The smallest absolute Gasteiger partial charge is 0.272 e. The third kappa shape index (κ3) is 5.40. The fraction of sp³-hybridized carbons (Fsp3) is 0.259. The fourth-order valence-corrected chi connectivity index (χ4v) is 4.67. The van der Waals surface area contributed by atoms with Gasteiger partial charge >= 0.3 is 0 Å². The Bertz CT molecular complexity index is 1300. The summed E-state index contributed by atoms with van der Waals surface area (Å²) in [6.07, 6.45) is 3.53. The molecule has 9 heteroatoms. The van der Waals surface area contributed by atoms with Crippen LogP contribution >= 0.6 is 11.6 Å². The van der Waals surface area contributed by atoms with Gasteiger partial charge < -0.3 is 10.2 Å². The number of benzene rings is 2. The van der Waals surface area contributed by atoms with Gasteiger partial charge in [-0.15, -0.1) is 0 Å². The number of carbonyl (C=O) groups excluding carboxylic acids is 1. The molecular formula is C27H28ClN7O. The van der Waals surface area contributed by atoms with Gasteiger partial charge in [-0.2, -0.15) is 5.10 Å². The SMILES string of the molecule is CC(CN1CCN(c2ncccn2)CC1)NC(=O)c1cc(-c2ccccc2Cl)n(-c2ccccc2)n1. The van der Waals surface area contributed by atoms with Gasteiger partial charge in [0.2, 0.25) is 5.95 Å². The Morgan fingerprint density at radius 1 is 0.972 bits per heavy atom. The molecule has 184 valence electrons. The van der Waals surface area contributed by atoms with Crippen molar-refractivity contribution >= 4 is 23.5 Å². The molecule has 0 aliphatic carbocycles. The van der Waals surface area contributed by atoms with E-state index in [4.69, 9.17) is 11.6 Å². The maximum Gasteiger partial charge on any atom is 0.272 e. The average molecular weight is 502 g/mol. The van der Waals surface area contributed by atoms with Crippen LogP contribution in [0, 0.1) is 0 Å². The summed E-state index contributed by atoms with van der Waals surface area (Å²) in [7, 11) is 0. The normalized spacial score (nSPS) is 15.0. The van der Waals surface area contributed by atoms with E-state index in [2.05, 4.69) is 30.2 Å². The standard InChI is InChI=1S/C27H28ClN7O/c1-20(19-33-14-16-34(17-15-33)27-29-12-7-13-30-27)31-26(36)24-18-25(22-10-5-6-11-23(22)28)35(32-24)21-8-3-2-4-9-21/h2-13,18,20H,14-17,19H2,1H3,(H,31,36). The molecule has 2 aromatic heterocycles. The molecule has 1 fully saturated rings. The van der Waals surface area contributed by atoms with E-state index in [-0.39, 0.29) is 11.9 Å². The lowest BCUT2D eigenvalue weighted by atomic mass is 10.1. The van der Waals surface area contributed by atoms with Crippen LogP contribution in [0.5, 0.6) is 0 Å². The largest absolute Gasteiger partial charge is 0.347 e. The molecule has 2 aromatic carbocycles. The lowest BCUT2D eigenvalue weighted by Crippen LogP contribution is -2.51. The minimum absolute atomic E-state index is 0.0392. The molecule has 1 amide bonds. The van der Waals surface area contributed by atoms with Crippen LogP contribution in [0.25, 0.3) is 16.9 Å². The Hall–Kier alpha value is -3.75. The topological polar surface area (TPSA) is 79.2 Å². The number of carbonyl (C=O) groups is 1. The minimum atomic E-state index is -0.207. The first-order valence-electron chi connectivity index (χ1n) is 12.0. The number of halogens is 1. The Morgan fingerprint density at radius 2 is 1.67 bits per heavy atom. The van der Waals surface area contributed by atoms with Gasteiger partial charge in [0.25, 0.3) is 5.91 Å². The minimum Gasteiger partial charge on any atom is -0.347 e. The Balaban J connectivity index is 1.26. The van der Waals surface area contributed by atoms with Crippen LogP contribution in [0.3, 0.4) is 0 Å². The van der Waals surface area contributed by atoms with Gasteiger partial charge in [0.15, 0.2) is 5.69 Å². The number of amides is 1. The molecule has 0 bridgehead atoms. The number of aromatic nitrogens is 4. The van der Waals surface area contributed by atoms with Crippen LogP contribution in [0.1, 0.15) is 17.4 Å². The van der Waals surface area contributed by atoms with Gasteiger partial charge in [-0.25, -0.2) is 14.6 Å². The van der Waals surface area contributed by atoms with E-state index in [1.165, 1.54) is 0 Å². The molecule has 1 unspecified atom stereocenters. The van der Waals surface area contributed by atoms with Crippen LogP contribution in [-0.4, -0.2) is 69.3 Å². The van der Waals surface area contributed by atoms with E-state index in [9.17, 15) is 4.79 Å². The average Bonchev–Trinajstić information content (AvgIpc) is 3.36. The van der Waals surface area contributed by atoms with E-state index in [1.54, 1.807) is 23.1 Å². The van der Waals surface area contributed by atoms with Crippen molar-refractivity contribution in [1.82, 2.24) is 30.0 Å². The van der Waals surface area contributed by atoms with Gasteiger partial charge in [0, 0.05) is 61.7 Å². The third-order valence-electron chi connectivity index (χ3n) is 6.21. The summed E-state index contributed by atoms with van der Waals surface area (Å²) in [5.74, 6) is 0.559. The Labute approximate surface area is 215 Å². The lowest BCUT2D eigenvalue weighted by Gasteiger charge is -2.35. The fourth-order valence-electron chi connectivity index (χ4n) is 4.43. The number of para-hydroxylation sites is 1.